The Hall–Kier alpha value is -4.78. The Kier molecular flexibility index (Phi) is 8.97. The highest BCUT2D eigenvalue weighted by molar-refractivity contribution is 5.79. The predicted octanol–water partition coefficient (Wildman–Crippen LogP) is 1.58. The Morgan fingerprint density at radius 2 is 1.37 bits per heavy atom. The van der Waals surface area contributed by atoms with Gasteiger partial charge in [0.15, 0.2) is 18.0 Å². The number of para-hydroxylation sites is 1. The molecule has 0 N–H and O–H groups in total. The minimum Gasteiger partial charge on any atom is -0.463 e. The number of carbonyl (C=O) groups excluding carboxylic acids is 4. The average Bonchev–Trinajstić information content (AvgIpc) is 2.92. The van der Waals surface area contributed by atoms with Crippen LogP contribution in [0.15, 0.2) is 59.4 Å². The molecule has 0 saturated carbocycles. The molecule has 13 nitrogen and oxygen atoms in total. The van der Waals surface area contributed by atoms with Crippen molar-refractivity contribution in [1.29, 1.82) is 0 Å². The van der Waals surface area contributed by atoms with Crippen molar-refractivity contribution in [3.05, 3.63) is 65.0 Å². The lowest BCUT2D eigenvalue weighted by Gasteiger charge is -2.43. The van der Waals surface area contributed by atoms with Gasteiger partial charge in [-0.3, -0.25) is 24.0 Å². The van der Waals surface area contributed by atoms with Crippen molar-refractivity contribution in [3.63, 3.8) is 0 Å². The normalized spacial score (nSPS) is 21.9. The quantitative estimate of drug-likeness (QED) is 0.286. The van der Waals surface area contributed by atoms with Crippen LogP contribution in [-0.4, -0.2) is 70.9 Å². The van der Waals surface area contributed by atoms with E-state index in [2.05, 4.69) is 4.98 Å². The van der Waals surface area contributed by atoms with E-state index in [4.69, 9.17) is 28.5 Å². The monoisotopic (exact) mass is 568 g/mol. The van der Waals surface area contributed by atoms with Crippen molar-refractivity contribution in [1.82, 2.24) is 9.71 Å². The number of fused-ring (bicyclic) bond motifs is 1. The van der Waals surface area contributed by atoms with E-state index in [9.17, 15) is 24.0 Å². The van der Waals surface area contributed by atoms with Gasteiger partial charge in [0.1, 0.15) is 12.7 Å². The average molecular weight is 569 g/mol. The van der Waals surface area contributed by atoms with Crippen LogP contribution in [0.3, 0.4) is 0 Å². The van der Waals surface area contributed by atoms with Gasteiger partial charge in [0.25, 0.3) is 11.8 Å². The first-order chi connectivity index (χ1) is 19.5. The summed E-state index contributed by atoms with van der Waals surface area (Å²) in [4.78, 5) is 72.2. The molecule has 1 fully saturated rings. The maximum atomic E-state index is 13.7. The Balaban J connectivity index is 1.86. The largest absolute Gasteiger partial charge is 0.463 e. The van der Waals surface area contributed by atoms with E-state index in [1.807, 2.05) is 0 Å². The number of rotatable bonds is 8. The maximum Gasteiger partial charge on any atom is 0.303 e. The molecule has 1 aromatic heterocycles. The molecule has 0 radical (unpaired) electrons. The molecule has 2 heterocycles. The standard InChI is InChI=1S/C28H28N2O11/c1-15(31)36-14-22-23(37-16(2)32)24(38-17(3)33)25(39-18(4)34)28(40-22)41-30-26(19-10-6-5-7-11-19)29-21-13-9-8-12-20(21)27(30)35/h5-13,22-25,28H,14H2,1-4H3/t22-,23-,24-,25-,28?/m0/s1. The lowest BCUT2D eigenvalue weighted by molar-refractivity contribution is -0.307. The van der Waals surface area contributed by atoms with Crippen molar-refractivity contribution in [2.24, 2.45) is 0 Å². The third-order valence-corrected chi connectivity index (χ3v) is 5.93. The molecule has 216 valence electrons. The molecule has 1 aliphatic heterocycles. The Bertz CT molecular complexity index is 1500. The molecule has 0 bridgehead atoms. The summed E-state index contributed by atoms with van der Waals surface area (Å²) in [5.74, 6) is -2.95. The van der Waals surface area contributed by atoms with Crippen LogP contribution in [-0.2, 0) is 42.9 Å². The Morgan fingerprint density at radius 1 is 0.780 bits per heavy atom. The van der Waals surface area contributed by atoms with Gasteiger partial charge in [0.05, 0.1) is 10.9 Å². The van der Waals surface area contributed by atoms with E-state index in [-0.39, 0.29) is 11.2 Å². The van der Waals surface area contributed by atoms with Crippen LogP contribution in [0.2, 0.25) is 0 Å². The van der Waals surface area contributed by atoms with E-state index in [1.165, 1.54) is 0 Å². The lowest BCUT2D eigenvalue weighted by atomic mass is 9.98. The second-order valence-corrected chi connectivity index (χ2v) is 9.09. The summed E-state index contributed by atoms with van der Waals surface area (Å²) in [5, 5.41) is 0.220. The number of hydrogen-bond acceptors (Lipinski definition) is 12. The van der Waals surface area contributed by atoms with Crippen LogP contribution < -0.4 is 10.4 Å². The topological polar surface area (TPSA) is 159 Å². The summed E-state index contributed by atoms with van der Waals surface area (Å²) in [6.45, 7) is 4.03. The molecule has 3 aromatic rings. The number of aromatic nitrogens is 2. The van der Waals surface area contributed by atoms with Gasteiger partial charge in [0.2, 0.25) is 6.10 Å². The molecule has 5 atom stereocenters. The van der Waals surface area contributed by atoms with Crippen molar-refractivity contribution in [2.75, 3.05) is 6.61 Å². The van der Waals surface area contributed by atoms with Crippen LogP contribution in [0.1, 0.15) is 27.7 Å². The fourth-order valence-electron chi connectivity index (χ4n) is 4.36. The zero-order valence-corrected chi connectivity index (χ0v) is 22.7. The van der Waals surface area contributed by atoms with Crippen LogP contribution in [0.5, 0.6) is 0 Å². The molecule has 2 aromatic carbocycles. The van der Waals surface area contributed by atoms with Crippen LogP contribution >= 0.6 is 0 Å². The minimum atomic E-state index is -1.63. The van der Waals surface area contributed by atoms with E-state index < -0.39 is 66.7 Å². The predicted molar refractivity (Wildman–Crippen MR) is 140 cm³/mol. The molecule has 0 spiro atoms. The van der Waals surface area contributed by atoms with Gasteiger partial charge in [-0.2, -0.15) is 0 Å². The van der Waals surface area contributed by atoms with Crippen molar-refractivity contribution in [2.45, 2.75) is 58.4 Å². The summed E-state index contributed by atoms with van der Waals surface area (Å²) < 4.78 is 28.3. The number of nitrogens with zero attached hydrogens (tertiary/aromatic N) is 2. The van der Waals surface area contributed by atoms with Crippen molar-refractivity contribution >= 4 is 34.8 Å². The third-order valence-electron chi connectivity index (χ3n) is 5.93. The first-order valence-corrected chi connectivity index (χ1v) is 12.6. The fraction of sp³-hybridized carbons (Fsp3) is 0.357. The first-order valence-electron chi connectivity index (χ1n) is 12.6. The summed E-state index contributed by atoms with van der Waals surface area (Å²) in [5.41, 5.74) is 0.307. The summed E-state index contributed by atoms with van der Waals surface area (Å²) in [7, 11) is 0. The summed E-state index contributed by atoms with van der Waals surface area (Å²) in [6, 6.07) is 15.3. The molecular weight excluding hydrogens is 540 g/mol. The minimum absolute atomic E-state index is 0.0992. The van der Waals surface area contributed by atoms with Gasteiger partial charge >= 0.3 is 23.9 Å². The molecule has 13 heteroatoms. The second kappa shape index (κ2) is 12.6. The molecule has 1 unspecified atom stereocenters. The lowest BCUT2D eigenvalue weighted by Crippen LogP contribution is -2.64. The van der Waals surface area contributed by atoms with Gasteiger partial charge in [-0.15, -0.1) is 4.73 Å². The van der Waals surface area contributed by atoms with E-state index in [0.29, 0.717) is 11.1 Å². The van der Waals surface area contributed by atoms with Crippen LogP contribution in [0.4, 0.5) is 0 Å². The number of benzene rings is 2. The van der Waals surface area contributed by atoms with Gasteiger partial charge in [0, 0.05) is 33.3 Å². The summed E-state index contributed by atoms with van der Waals surface area (Å²) >= 11 is 0. The highest BCUT2D eigenvalue weighted by atomic mass is 16.8. The zero-order chi connectivity index (χ0) is 29.7. The zero-order valence-electron chi connectivity index (χ0n) is 22.7. The Labute approximate surface area is 233 Å². The number of hydrogen-bond donors (Lipinski definition) is 0. The highest BCUT2D eigenvalue weighted by Crippen LogP contribution is 2.30. The Morgan fingerprint density at radius 3 is 2.00 bits per heavy atom. The number of esters is 4. The summed E-state index contributed by atoms with van der Waals surface area (Å²) in [6.07, 6.45) is -7.26. The SMILES string of the molecule is CC(=O)OC[C@@H]1OC(On2c(-c3ccccc3)nc3ccccc3c2=O)[C@@H](OC(C)=O)[C@@H](OC(C)=O)[C@H]1OC(C)=O. The van der Waals surface area contributed by atoms with E-state index in [1.54, 1.807) is 54.6 Å². The molecule has 41 heavy (non-hydrogen) atoms. The molecular formula is C28H28N2O11. The molecule has 0 amide bonds. The first kappa shape index (κ1) is 29.2. The van der Waals surface area contributed by atoms with Gasteiger partial charge in [-0.05, 0) is 12.1 Å². The second-order valence-electron chi connectivity index (χ2n) is 9.09. The van der Waals surface area contributed by atoms with Crippen molar-refractivity contribution < 1.29 is 47.7 Å². The van der Waals surface area contributed by atoms with E-state index >= 15 is 0 Å². The van der Waals surface area contributed by atoms with Gasteiger partial charge in [-0.25, -0.2) is 4.98 Å². The van der Waals surface area contributed by atoms with Crippen LogP contribution in [0.25, 0.3) is 22.3 Å². The van der Waals surface area contributed by atoms with Gasteiger partial charge < -0.3 is 28.5 Å². The number of carbonyl (C=O) groups is 4. The molecule has 1 saturated heterocycles. The molecule has 4 rings (SSSR count). The molecule has 0 aliphatic carbocycles. The maximum absolute atomic E-state index is 13.7. The van der Waals surface area contributed by atoms with Crippen LogP contribution in [0, 0.1) is 0 Å². The highest BCUT2D eigenvalue weighted by Gasteiger charge is 2.54. The van der Waals surface area contributed by atoms with E-state index in [0.717, 1.165) is 32.4 Å². The molecule has 1 aliphatic rings. The number of ether oxygens (including phenoxy) is 5. The third kappa shape index (κ3) is 6.87. The van der Waals surface area contributed by atoms with Crippen molar-refractivity contribution in [3.8, 4) is 11.4 Å². The fourth-order valence-corrected chi connectivity index (χ4v) is 4.36. The smallest absolute Gasteiger partial charge is 0.303 e. The van der Waals surface area contributed by atoms with Gasteiger partial charge in [-0.1, -0.05) is 42.5 Å².